The molecule has 0 amide bonds. The van der Waals surface area contributed by atoms with Crippen LogP contribution in [0.25, 0.3) is 0 Å². The Bertz CT molecular complexity index is 451. The van der Waals surface area contributed by atoms with E-state index >= 15 is 0 Å². The molecule has 2 rings (SSSR count). The molecule has 0 spiro atoms. The minimum Gasteiger partial charge on any atom is -0.330 e. The lowest BCUT2D eigenvalue weighted by molar-refractivity contribution is 0.473. The summed E-state index contributed by atoms with van der Waals surface area (Å²) in [6, 6.07) is 9.69. The second kappa shape index (κ2) is 4.90. The van der Waals surface area contributed by atoms with Gasteiger partial charge in [-0.1, -0.05) is 30.3 Å². The summed E-state index contributed by atoms with van der Waals surface area (Å²) < 4.78 is 15.1. The standard InChI is InChI=1S/C12H14FN3/c13-12-11(6-7-14)8-15-16(12)9-10-4-2-1-3-5-10/h1-5,8H,6-7,9,14H2. The van der Waals surface area contributed by atoms with E-state index in [9.17, 15) is 4.39 Å². The zero-order valence-electron chi connectivity index (χ0n) is 8.94. The lowest BCUT2D eigenvalue weighted by Crippen LogP contribution is -2.07. The Hall–Kier alpha value is -1.68. The first kappa shape index (κ1) is 10.8. The topological polar surface area (TPSA) is 43.8 Å². The Morgan fingerprint density at radius 1 is 1.25 bits per heavy atom. The van der Waals surface area contributed by atoms with Crippen molar-refractivity contribution in [2.45, 2.75) is 13.0 Å². The molecule has 0 fully saturated rings. The maximum Gasteiger partial charge on any atom is 0.215 e. The molecule has 1 heterocycles. The molecule has 84 valence electrons. The first-order valence-electron chi connectivity index (χ1n) is 5.25. The molecule has 0 saturated heterocycles. The van der Waals surface area contributed by atoms with Crippen LogP contribution in [0.4, 0.5) is 4.39 Å². The van der Waals surface area contributed by atoms with Crippen molar-refractivity contribution in [3.05, 3.63) is 53.6 Å². The highest BCUT2D eigenvalue weighted by Crippen LogP contribution is 2.09. The van der Waals surface area contributed by atoms with Crippen molar-refractivity contribution in [1.29, 1.82) is 0 Å². The summed E-state index contributed by atoms with van der Waals surface area (Å²) in [5.74, 6) is -0.283. The molecular formula is C12H14FN3. The number of rotatable bonds is 4. The van der Waals surface area contributed by atoms with E-state index in [4.69, 9.17) is 5.73 Å². The molecular weight excluding hydrogens is 205 g/mol. The summed E-state index contributed by atoms with van der Waals surface area (Å²) in [5, 5.41) is 4.02. The van der Waals surface area contributed by atoms with Gasteiger partial charge in [-0.2, -0.15) is 9.49 Å². The molecule has 0 aliphatic rings. The highest BCUT2D eigenvalue weighted by Gasteiger charge is 2.09. The van der Waals surface area contributed by atoms with E-state index in [1.54, 1.807) is 6.20 Å². The molecule has 3 nitrogen and oxygen atoms in total. The molecule has 0 aliphatic carbocycles. The second-order valence-corrected chi connectivity index (χ2v) is 3.64. The number of nitrogens with zero attached hydrogens (tertiary/aromatic N) is 2. The third kappa shape index (κ3) is 2.28. The number of aromatic nitrogens is 2. The molecule has 1 aromatic carbocycles. The fraction of sp³-hybridized carbons (Fsp3) is 0.250. The van der Waals surface area contributed by atoms with Crippen molar-refractivity contribution in [2.75, 3.05) is 6.54 Å². The third-order valence-corrected chi connectivity index (χ3v) is 2.43. The van der Waals surface area contributed by atoms with Gasteiger partial charge in [0, 0.05) is 5.56 Å². The monoisotopic (exact) mass is 219 g/mol. The lowest BCUT2D eigenvalue weighted by Gasteiger charge is -2.02. The number of benzene rings is 1. The molecule has 0 saturated carbocycles. The summed E-state index contributed by atoms with van der Waals surface area (Å²) in [5.41, 5.74) is 7.00. The first-order valence-corrected chi connectivity index (χ1v) is 5.25. The Morgan fingerprint density at radius 2 is 2.00 bits per heavy atom. The predicted octanol–water partition coefficient (Wildman–Crippen LogP) is 1.57. The van der Waals surface area contributed by atoms with Crippen molar-refractivity contribution < 1.29 is 4.39 Å². The van der Waals surface area contributed by atoms with Crippen LogP contribution in [0.15, 0.2) is 36.5 Å². The fourth-order valence-electron chi connectivity index (χ4n) is 1.60. The van der Waals surface area contributed by atoms with Gasteiger partial charge in [0.1, 0.15) is 0 Å². The highest BCUT2D eigenvalue weighted by atomic mass is 19.1. The summed E-state index contributed by atoms with van der Waals surface area (Å²) in [7, 11) is 0. The van der Waals surface area contributed by atoms with Gasteiger partial charge in [0.15, 0.2) is 0 Å². The van der Waals surface area contributed by atoms with E-state index in [0.717, 1.165) is 5.56 Å². The number of halogens is 1. The Labute approximate surface area is 93.7 Å². The molecule has 1 aromatic heterocycles. The molecule has 0 aliphatic heterocycles. The van der Waals surface area contributed by atoms with Crippen molar-refractivity contribution in [1.82, 2.24) is 9.78 Å². The number of hydrogen-bond donors (Lipinski definition) is 1. The van der Waals surface area contributed by atoms with Gasteiger partial charge in [0.05, 0.1) is 12.7 Å². The van der Waals surface area contributed by atoms with Gasteiger partial charge in [-0.3, -0.25) is 0 Å². The highest BCUT2D eigenvalue weighted by molar-refractivity contribution is 5.16. The van der Waals surface area contributed by atoms with Gasteiger partial charge in [-0.15, -0.1) is 0 Å². The van der Waals surface area contributed by atoms with Crippen LogP contribution >= 0.6 is 0 Å². The van der Waals surface area contributed by atoms with E-state index in [0.29, 0.717) is 25.1 Å². The molecule has 2 aromatic rings. The zero-order valence-corrected chi connectivity index (χ0v) is 8.94. The Kier molecular flexibility index (Phi) is 3.31. The van der Waals surface area contributed by atoms with Gasteiger partial charge < -0.3 is 5.73 Å². The van der Waals surface area contributed by atoms with Crippen LogP contribution in [0.1, 0.15) is 11.1 Å². The van der Waals surface area contributed by atoms with Crippen molar-refractivity contribution in [3.63, 3.8) is 0 Å². The molecule has 0 atom stereocenters. The van der Waals surface area contributed by atoms with Crippen molar-refractivity contribution >= 4 is 0 Å². The van der Waals surface area contributed by atoms with Crippen LogP contribution in [0.5, 0.6) is 0 Å². The van der Waals surface area contributed by atoms with Gasteiger partial charge in [-0.05, 0) is 18.5 Å². The first-order chi connectivity index (χ1) is 7.81. The SMILES string of the molecule is NCCc1cnn(Cc2ccccc2)c1F. The largest absolute Gasteiger partial charge is 0.330 e. The smallest absolute Gasteiger partial charge is 0.215 e. The minimum atomic E-state index is -0.283. The Morgan fingerprint density at radius 3 is 2.69 bits per heavy atom. The van der Waals surface area contributed by atoms with Crippen LogP contribution < -0.4 is 5.73 Å². The number of nitrogens with two attached hydrogens (primary N) is 1. The zero-order chi connectivity index (χ0) is 11.4. The maximum absolute atomic E-state index is 13.8. The minimum absolute atomic E-state index is 0.283. The average Bonchev–Trinajstić information content (AvgIpc) is 2.64. The second-order valence-electron chi connectivity index (χ2n) is 3.64. The summed E-state index contributed by atoms with van der Waals surface area (Å²) in [4.78, 5) is 0. The normalized spacial score (nSPS) is 10.6. The molecule has 4 heteroatoms. The summed E-state index contributed by atoms with van der Waals surface area (Å²) >= 11 is 0. The average molecular weight is 219 g/mol. The lowest BCUT2D eigenvalue weighted by atomic mass is 10.2. The van der Waals surface area contributed by atoms with Crippen LogP contribution in [-0.4, -0.2) is 16.3 Å². The van der Waals surface area contributed by atoms with Gasteiger partial charge in [-0.25, -0.2) is 4.68 Å². The molecule has 0 bridgehead atoms. The molecule has 16 heavy (non-hydrogen) atoms. The number of hydrogen-bond acceptors (Lipinski definition) is 2. The van der Waals surface area contributed by atoms with Crippen molar-refractivity contribution in [2.24, 2.45) is 5.73 Å². The third-order valence-electron chi connectivity index (χ3n) is 2.43. The fourth-order valence-corrected chi connectivity index (χ4v) is 1.60. The van der Waals surface area contributed by atoms with Crippen LogP contribution in [0.2, 0.25) is 0 Å². The molecule has 2 N–H and O–H groups in total. The maximum atomic E-state index is 13.8. The van der Waals surface area contributed by atoms with Gasteiger partial charge >= 0.3 is 0 Å². The van der Waals surface area contributed by atoms with Crippen LogP contribution in [0, 0.1) is 5.95 Å². The summed E-state index contributed by atoms with van der Waals surface area (Å²) in [6.07, 6.45) is 2.08. The molecule has 0 radical (unpaired) electrons. The van der Waals surface area contributed by atoms with E-state index < -0.39 is 0 Å². The quantitative estimate of drug-likeness (QED) is 0.848. The molecule has 0 unspecified atom stereocenters. The Balaban J connectivity index is 2.16. The summed E-state index contributed by atoms with van der Waals surface area (Å²) in [6.45, 7) is 0.894. The van der Waals surface area contributed by atoms with Crippen LogP contribution in [0.3, 0.4) is 0 Å². The van der Waals surface area contributed by atoms with E-state index in [2.05, 4.69) is 5.10 Å². The van der Waals surface area contributed by atoms with E-state index in [1.807, 2.05) is 30.3 Å². The van der Waals surface area contributed by atoms with Crippen LogP contribution in [-0.2, 0) is 13.0 Å². The van der Waals surface area contributed by atoms with E-state index in [1.165, 1.54) is 4.68 Å². The van der Waals surface area contributed by atoms with Gasteiger partial charge in [0.2, 0.25) is 5.95 Å². The van der Waals surface area contributed by atoms with Gasteiger partial charge in [0.25, 0.3) is 0 Å². The van der Waals surface area contributed by atoms with Crippen molar-refractivity contribution in [3.8, 4) is 0 Å². The predicted molar refractivity (Wildman–Crippen MR) is 60.5 cm³/mol. The van der Waals surface area contributed by atoms with E-state index in [-0.39, 0.29) is 5.95 Å².